The van der Waals surface area contributed by atoms with Crippen molar-refractivity contribution in [2.45, 2.75) is 18.0 Å². The molecular weight excluding hydrogens is 212 g/mol. The van der Waals surface area contributed by atoms with Crippen LogP contribution in [0.15, 0.2) is 12.4 Å². The molecule has 0 aromatic heterocycles. The first-order chi connectivity index (χ1) is 5.56. The maximum atomic E-state index is 12.2. The maximum Gasteiger partial charge on any atom is 0.435 e. The summed E-state index contributed by atoms with van der Waals surface area (Å²) in [6, 6.07) is 0. The van der Waals surface area contributed by atoms with E-state index in [2.05, 4.69) is 0 Å². The van der Waals surface area contributed by atoms with Crippen LogP contribution in [0, 0.1) is 0 Å². The molecule has 78 valence electrons. The average Bonchev–Trinajstić information content (AvgIpc) is 1.82. The molecule has 0 spiro atoms. The molecule has 0 aliphatic carbocycles. The van der Waals surface area contributed by atoms with Gasteiger partial charge in [-0.05, 0) is 6.08 Å². The van der Waals surface area contributed by atoms with Crippen LogP contribution in [0.3, 0.4) is 0 Å². The summed E-state index contributed by atoms with van der Waals surface area (Å²) < 4.78 is 92.2. The van der Waals surface area contributed by atoms with Gasteiger partial charge < -0.3 is 0 Å². The van der Waals surface area contributed by atoms with Crippen LogP contribution < -0.4 is 0 Å². The monoisotopic (exact) mass is 214 g/mol. The third-order valence-corrected chi connectivity index (χ3v) is 1.12. The second kappa shape index (κ2) is 3.15. The molecule has 0 saturated carbocycles. The van der Waals surface area contributed by atoms with E-state index in [0.717, 1.165) is 0 Å². The van der Waals surface area contributed by atoms with Crippen molar-refractivity contribution in [1.29, 1.82) is 0 Å². The largest absolute Gasteiger partial charge is 0.435 e. The first kappa shape index (κ1) is 12.2. The summed E-state index contributed by atoms with van der Waals surface area (Å²) in [7, 11) is 0. The second-order valence-corrected chi connectivity index (χ2v) is 2.00. The molecule has 0 saturated heterocycles. The maximum absolute atomic E-state index is 12.2. The summed E-state index contributed by atoms with van der Waals surface area (Å²) in [6.45, 7) is 0. The smallest absolute Gasteiger partial charge is 0.219 e. The van der Waals surface area contributed by atoms with Crippen LogP contribution in [-0.2, 0) is 0 Å². The van der Waals surface area contributed by atoms with Gasteiger partial charge in [0.25, 0.3) is 0 Å². The van der Waals surface area contributed by atoms with Gasteiger partial charge in [-0.3, -0.25) is 0 Å². The Morgan fingerprint density at radius 3 is 1.08 bits per heavy atom. The Bertz CT molecular complexity index is 182. The van der Waals surface area contributed by atoms with Crippen molar-refractivity contribution in [1.82, 2.24) is 0 Å². The molecule has 0 heterocycles. The summed E-state index contributed by atoms with van der Waals surface area (Å²) in [5.41, 5.74) is -5.63. The minimum atomic E-state index is -6.23. The van der Waals surface area contributed by atoms with Crippen LogP contribution in [0.5, 0.6) is 0 Å². The molecular formula is C5H2F8. The van der Waals surface area contributed by atoms with E-state index >= 15 is 0 Å². The van der Waals surface area contributed by atoms with E-state index in [4.69, 9.17) is 0 Å². The van der Waals surface area contributed by atoms with Crippen LogP contribution in [-0.4, -0.2) is 18.0 Å². The summed E-state index contributed by atoms with van der Waals surface area (Å²) in [5.74, 6) is 0. The molecule has 0 fully saturated rings. The predicted octanol–water partition coefficient (Wildman–Crippen LogP) is 3.30. The van der Waals surface area contributed by atoms with E-state index in [1.807, 2.05) is 0 Å². The molecule has 0 aliphatic rings. The normalized spacial score (nSPS) is 15.4. The van der Waals surface area contributed by atoms with Gasteiger partial charge >= 0.3 is 18.0 Å². The Morgan fingerprint density at radius 2 is 1.00 bits per heavy atom. The lowest BCUT2D eigenvalue weighted by atomic mass is 10.1. The van der Waals surface area contributed by atoms with Gasteiger partial charge in [0, 0.05) is 0 Å². The summed E-state index contributed by atoms with van der Waals surface area (Å²) in [6.07, 6.45) is -14.8. The van der Waals surface area contributed by atoms with E-state index in [0.29, 0.717) is 0 Å². The van der Waals surface area contributed by atoms with E-state index in [9.17, 15) is 35.1 Å². The van der Waals surface area contributed by atoms with Crippen LogP contribution in [0.25, 0.3) is 0 Å². The SMILES string of the molecule is FC=CC(F)(C(F)(F)F)C(F)(F)F. The fourth-order valence-electron chi connectivity index (χ4n) is 0.437. The molecule has 0 amide bonds. The zero-order valence-electron chi connectivity index (χ0n) is 5.68. The zero-order valence-corrected chi connectivity index (χ0v) is 5.68. The minimum absolute atomic E-state index is 1.14. The first-order valence-electron chi connectivity index (χ1n) is 2.66. The van der Waals surface area contributed by atoms with Crippen molar-refractivity contribution in [2.75, 3.05) is 0 Å². The van der Waals surface area contributed by atoms with Crippen molar-refractivity contribution in [3.63, 3.8) is 0 Å². The Balaban J connectivity index is 5.21. The number of hydrogen-bond donors (Lipinski definition) is 0. The number of allylic oxidation sites excluding steroid dienone is 1. The molecule has 0 aromatic rings. The van der Waals surface area contributed by atoms with Crippen molar-refractivity contribution in [2.24, 2.45) is 0 Å². The molecule has 0 aromatic carbocycles. The van der Waals surface area contributed by atoms with Gasteiger partial charge in [-0.25, -0.2) is 8.78 Å². The molecule has 8 heteroatoms. The molecule has 0 radical (unpaired) electrons. The van der Waals surface area contributed by atoms with Crippen molar-refractivity contribution in [3.05, 3.63) is 12.4 Å². The van der Waals surface area contributed by atoms with Crippen LogP contribution >= 0.6 is 0 Å². The Hall–Kier alpha value is -0.820. The van der Waals surface area contributed by atoms with E-state index in [1.165, 1.54) is 0 Å². The van der Waals surface area contributed by atoms with Gasteiger partial charge in [-0.1, -0.05) is 0 Å². The summed E-state index contributed by atoms with van der Waals surface area (Å²) in [4.78, 5) is 0. The van der Waals surface area contributed by atoms with E-state index in [1.54, 1.807) is 0 Å². The predicted molar refractivity (Wildman–Crippen MR) is 26.2 cm³/mol. The van der Waals surface area contributed by atoms with Gasteiger partial charge in [0.2, 0.25) is 0 Å². The molecule has 0 N–H and O–H groups in total. The highest BCUT2D eigenvalue weighted by Crippen LogP contribution is 2.47. The average molecular weight is 214 g/mol. The van der Waals surface area contributed by atoms with Gasteiger partial charge in [0.15, 0.2) is 0 Å². The van der Waals surface area contributed by atoms with Crippen molar-refractivity contribution in [3.8, 4) is 0 Å². The number of hydrogen-bond acceptors (Lipinski definition) is 0. The van der Waals surface area contributed by atoms with Crippen LogP contribution in [0.2, 0.25) is 0 Å². The molecule has 0 rings (SSSR count). The van der Waals surface area contributed by atoms with Gasteiger partial charge in [0.1, 0.15) is 0 Å². The highest BCUT2D eigenvalue weighted by Gasteiger charge is 2.71. The van der Waals surface area contributed by atoms with Crippen LogP contribution in [0.1, 0.15) is 0 Å². The Morgan fingerprint density at radius 1 is 0.692 bits per heavy atom. The highest BCUT2D eigenvalue weighted by molar-refractivity contribution is 5.08. The lowest BCUT2D eigenvalue weighted by Gasteiger charge is -2.26. The third-order valence-electron chi connectivity index (χ3n) is 1.12. The van der Waals surface area contributed by atoms with Crippen molar-refractivity contribution < 1.29 is 35.1 Å². The van der Waals surface area contributed by atoms with Gasteiger partial charge in [-0.15, -0.1) is 0 Å². The minimum Gasteiger partial charge on any atom is -0.219 e. The quantitative estimate of drug-likeness (QED) is 0.587. The number of halogens is 8. The fraction of sp³-hybridized carbons (Fsp3) is 0.600. The van der Waals surface area contributed by atoms with Crippen molar-refractivity contribution >= 4 is 0 Å². The molecule has 0 atom stereocenters. The Labute approximate surface area is 66.8 Å². The topological polar surface area (TPSA) is 0 Å². The summed E-state index contributed by atoms with van der Waals surface area (Å²) in [5, 5.41) is 0. The molecule has 0 aliphatic heterocycles. The fourth-order valence-corrected chi connectivity index (χ4v) is 0.437. The zero-order chi connectivity index (χ0) is 10.9. The Kier molecular flexibility index (Phi) is 2.95. The number of rotatable bonds is 1. The lowest BCUT2D eigenvalue weighted by Crippen LogP contribution is -2.51. The van der Waals surface area contributed by atoms with Gasteiger partial charge in [-0.2, -0.15) is 26.3 Å². The molecule has 0 unspecified atom stereocenters. The number of alkyl halides is 7. The van der Waals surface area contributed by atoms with E-state index < -0.39 is 30.4 Å². The first-order valence-corrected chi connectivity index (χ1v) is 2.66. The third kappa shape index (κ3) is 2.10. The van der Waals surface area contributed by atoms with E-state index in [-0.39, 0.29) is 0 Å². The molecule has 13 heavy (non-hydrogen) atoms. The summed E-state index contributed by atoms with van der Waals surface area (Å²) >= 11 is 0. The lowest BCUT2D eigenvalue weighted by molar-refractivity contribution is -0.322. The standard InChI is InChI=1S/C5H2F8/c6-2-1-3(7,4(8,9)10)5(11,12)13/h1-2H. The van der Waals surface area contributed by atoms with Gasteiger partial charge in [0.05, 0.1) is 6.33 Å². The highest BCUT2D eigenvalue weighted by atomic mass is 19.4. The molecule has 0 bridgehead atoms. The van der Waals surface area contributed by atoms with Crippen LogP contribution in [0.4, 0.5) is 35.1 Å². The molecule has 0 nitrogen and oxygen atoms in total. The second-order valence-electron chi connectivity index (χ2n) is 2.00.